The topological polar surface area (TPSA) is 73.1 Å². The van der Waals surface area contributed by atoms with E-state index in [-0.39, 0.29) is 22.2 Å². The number of para-hydroxylation sites is 2. The minimum Gasteiger partial charge on any atom is -0.353 e. The van der Waals surface area contributed by atoms with E-state index in [1.165, 1.54) is 18.3 Å². The Bertz CT molecular complexity index is 1650. The van der Waals surface area contributed by atoms with Crippen LogP contribution in [0.5, 0.6) is 0 Å². The molecule has 178 valence electrons. The second kappa shape index (κ2) is 9.03. The van der Waals surface area contributed by atoms with Gasteiger partial charge in [0.15, 0.2) is 0 Å². The smallest absolute Gasteiger partial charge is 0.240 e. The molecule has 0 aliphatic heterocycles. The van der Waals surface area contributed by atoms with Crippen LogP contribution in [0.3, 0.4) is 0 Å². The van der Waals surface area contributed by atoms with Gasteiger partial charge in [-0.25, -0.2) is 12.8 Å². The first-order chi connectivity index (χ1) is 16.8. The molecule has 0 saturated carbocycles. The van der Waals surface area contributed by atoms with Gasteiger partial charge in [-0.3, -0.25) is 4.79 Å². The highest BCUT2D eigenvalue weighted by Crippen LogP contribution is 2.30. The zero-order valence-electron chi connectivity index (χ0n) is 19.1. The van der Waals surface area contributed by atoms with E-state index in [2.05, 4.69) is 28.1 Å². The summed E-state index contributed by atoms with van der Waals surface area (Å²) in [6.07, 6.45) is 1.48. The number of aryl methyl sites for hydroxylation is 1. The van der Waals surface area contributed by atoms with Crippen LogP contribution in [0, 0.1) is 12.7 Å². The van der Waals surface area contributed by atoms with Crippen molar-refractivity contribution >= 4 is 37.6 Å². The van der Waals surface area contributed by atoms with Crippen LogP contribution < -0.4 is 5.32 Å². The summed E-state index contributed by atoms with van der Waals surface area (Å²) in [7, 11) is -3.89. The molecule has 1 N–H and O–H groups in total. The lowest BCUT2D eigenvalue weighted by atomic mass is 10.2. The maximum absolute atomic E-state index is 13.3. The molecule has 0 spiro atoms. The van der Waals surface area contributed by atoms with E-state index >= 15 is 0 Å². The van der Waals surface area contributed by atoms with Crippen LogP contribution in [-0.4, -0.2) is 30.0 Å². The number of hydrogen-bond acceptors (Lipinski definition) is 3. The molecular formula is C27H24FN3O3S. The Kier molecular flexibility index (Phi) is 5.90. The first-order valence-corrected chi connectivity index (χ1v) is 12.7. The number of hydrogen-bond donors (Lipinski definition) is 1. The molecule has 0 bridgehead atoms. The van der Waals surface area contributed by atoms with Gasteiger partial charge in [-0.15, -0.1) is 0 Å². The fourth-order valence-electron chi connectivity index (χ4n) is 4.46. The molecule has 0 atom stereocenters. The molecule has 0 unspecified atom stereocenters. The Morgan fingerprint density at radius 1 is 0.943 bits per heavy atom. The highest BCUT2D eigenvalue weighted by molar-refractivity contribution is 7.91. The lowest BCUT2D eigenvalue weighted by Gasteiger charge is -2.10. The van der Waals surface area contributed by atoms with Crippen molar-refractivity contribution in [1.82, 2.24) is 14.5 Å². The number of amides is 1. The number of nitrogens with zero attached hydrogens (tertiary/aromatic N) is 2. The zero-order valence-corrected chi connectivity index (χ0v) is 19.9. The van der Waals surface area contributed by atoms with Gasteiger partial charge in [0.25, 0.3) is 0 Å². The third-order valence-corrected chi connectivity index (χ3v) is 7.95. The molecule has 0 aliphatic rings. The number of carbonyl (C=O) groups is 1. The minimum absolute atomic E-state index is 0.000531. The van der Waals surface area contributed by atoms with Crippen molar-refractivity contribution in [1.29, 1.82) is 0 Å². The average molecular weight is 490 g/mol. The maximum atomic E-state index is 13.3. The minimum atomic E-state index is -3.89. The van der Waals surface area contributed by atoms with Crippen LogP contribution in [0.4, 0.5) is 4.39 Å². The van der Waals surface area contributed by atoms with Gasteiger partial charge in [-0.05, 0) is 54.8 Å². The predicted octanol–water partition coefficient (Wildman–Crippen LogP) is 4.69. The van der Waals surface area contributed by atoms with Gasteiger partial charge in [0.2, 0.25) is 15.7 Å². The third-order valence-electron chi connectivity index (χ3n) is 6.15. The average Bonchev–Trinajstić information content (AvgIpc) is 3.37. The molecule has 0 radical (unpaired) electrons. The summed E-state index contributed by atoms with van der Waals surface area (Å²) in [6.45, 7) is 3.09. The van der Waals surface area contributed by atoms with Gasteiger partial charge in [0.05, 0.1) is 9.79 Å². The summed E-state index contributed by atoms with van der Waals surface area (Å²) in [5.41, 5.74) is 2.87. The highest BCUT2D eigenvalue weighted by atomic mass is 32.2. The number of carbonyl (C=O) groups excluding carboxylic acids is 1. The van der Waals surface area contributed by atoms with Gasteiger partial charge < -0.3 is 14.5 Å². The molecule has 2 heterocycles. The Morgan fingerprint density at radius 2 is 1.63 bits per heavy atom. The van der Waals surface area contributed by atoms with E-state index in [0.717, 1.165) is 28.7 Å². The number of aromatic nitrogens is 2. The summed E-state index contributed by atoms with van der Waals surface area (Å²) in [6, 6.07) is 22.0. The van der Waals surface area contributed by atoms with Crippen molar-refractivity contribution < 1.29 is 17.6 Å². The number of benzene rings is 3. The number of sulfone groups is 1. The monoisotopic (exact) mass is 489 g/mol. The zero-order chi connectivity index (χ0) is 24.6. The lowest BCUT2D eigenvalue weighted by molar-refractivity contribution is -0.121. The van der Waals surface area contributed by atoms with Gasteiger partial charge >= 0.3 is 0 Å². The summed E-state index contributed by atoms with van der Waals surface area (Å²) >= 11 is 0. The summed E-state index contributed by atoms with van der Waals surface area (Å²) in [4.78, 5) is 12.9. The number of rotatable bonds is 7. The van der Waals surface area contributed by atoms with E-state index in [4.69, 9.17) is 0 Å². The van der Waals surface area contributed by atoms with Crippen LogP contribution in [0.2, 0.25) is 0 Å². The van der Waals surface area contributed by atoms with Crippen molar-refractivity contribution in [2.75, 3.05) is 6.54 Å². The van der Waals surface area contributed by atoms with E-state index < -0.39 is 15.7 Å². The molecule has 3 aromatic carbocycles. The Labute approximate surface area is 202 Å². The largest absolute Gasteiger partial charge is 0.353 e. The van der Waals surface area contributed by atoms with Crippen LogP contribution >= 0.6 is 0 Å². The second-order valence-electron chi connectivity index (χ2n) is 8.44. The Balaban J connectivity index is 1.35. The SMILES string of the molecule is Cc1cc2ccccc2n1CCNC(=O)Cn1cc(S(=O)(=O)c2ccc(F)cc2)c2ccccc21. The maximum Gasteiger partial charge on any atom is 0.240 e. The molecule has 35 heavy (non-hydrogen) atoms. The second-order valence-corrected chi connectivity index (χ2v) is 10.4. The van der Waals surface area contributed by atoms with Crippen molar-refractivity contribution in [3.8, 4) is 0 Å². The summed E-state index contributed by atoms with van der Waals surface area (Å²) < 4.78 is 43.6. The summed E-state index contributed by atoms with van der Waals surface area (Å²) in [5, 5.41) is 4.61. The number of halogens is 1. The first-order valence-electron chi connectivity index (χ1n) is 11.2. The normalized spacial score (nSPS) is 11.8. The van der Waals surface area contributed by atoms with E-state index in [1.54, 1.807) is 28.8 Å². The number of fused-ring (bicyclic) bond motifs is 2. The van der Waals surface area contributed by atoms with Gasteiger partial charge in [-0.2, -0.15) is 0 Å². The third kappa shape index (κ3) is 4.33. The standard InChI is InChI=1S/C27H24FN3O3S/c1-19-16-20-6-2-4-8-24(20)31(19)15-14-29-27(32)18-30-17-26(23-7-3-5-9-25(23)30)35(33,34)22-12-10-21(28)11-13-22/h2-13,16-17H,14-15,18H2,1H3,(H,29,32). The molecule has 8 heteroatoms. The van der Waals surface area contributed by atoms with Gasteiger partial charge in [0, 0.05) is 41.4 Å². The molecule has 6 nitrogen and oxygen atoms in total. The van der Waals surface area contributed by atoms with E-state index in [0.29, 0.717) is 24.0 Å². The molecule has 2 aromatic heterocycles. The van der Waals surface area contributed by atoms with E-state index in [9.17, 15) is 17.6 Å². The van der Waals surface area contributed by atoms with E-state index in [1.807, 2.05) is 19.1 Å². The molecular weight excluding hydrogens is 465 g/mol. The van der Waals surface area contributed by atoms with Crippen LogP contribution in [-0.2, 0) is 27.7 Å². The Morgan fingerprint density at radius 3 is 2.40 bits per heavy atom. The van der Waals surface area contributed by atoms with Crippen molar-refractivity contribution in [2.45, 2.75) is 29.8 Å². The quantitative estimate of drug-likeness (QED) is 0.337. The highest BCUT2D eigenvalue weighted by Gasteiger charge is 2.24. The van der Waals surface area contributed by atoms with Crippen LogP contribution in [0.15, 0.2) is 94.9 Å². The Hall–Kier alpha value is -3.91. The van der Waals surface area contributed by atoms with Crippen molar-refractivity contribution in [2.24, 2.45) is 0 Å². The predicted molar refractivity (Wildman–Crippen MR) is 133 cm³/mol. The molecule has 0 aliphatic carbocycles. The molecule has 1 amide bonds. The first kappa shape index (κ1) is 22.9. The van der Waals surface area contributed by atoms with Crippen LogP contribution in [0.25, 0.3) is 21.8 Å². The molecule has 0 saturated heterocycles. The van der Waals surface area contributed by atoms with Crippen LogP contribution in [0.1, 0.15) is 5.69 Å². The van der Waals surface area contributed by atoms with Gasteiger partial charge in [-0.1, -0.05) is 36.4 Å². The summed E-state index contributed by atoms with van der Waals surface area (Å²) in [5.74, 6) is -0.725. The fraction of sp³-hybridized carbons (Fsp3) is 0.148. The number of nitrogens with one attached hydrogen (secondary N) is 1. The van der Waals surface area contributed by atoms with Crippen molar-refractivity contribution in [3.63, 3.8) is 0 Å². The molecule has 5 aromatic rings. The fourth-order valence-corrected chi connectivity index (χ4v) is 5.94. The van der Waals surface area contributed by atoms with Crippen molar-refractivity contribution in [3.05, 3.63) is 96.6 Å². The molecule has 0 fully saturated rings. The van der Waals surface area contributed by atoms with Gasteiger partial charge in [0.1, 0.15) is 12.4 Å². The lowest BCUT2D eigenvalue weighted by Crippen LogP contribution is -2.30. The molecule has 5 rings (SSSR count).